The largest absolute Gasteiger partial charge is 0.356 e. The van der Waals surface area contributed by atoms with E-state index in [1.165, 1.54) is 15.9 Å². The van der Waals surface area contributed by atoms with Crippen LogP contribution in [0.2, 0.25) is 5.02 Å². The summed E-state index contributed by atoms with van der Waals surface area (Å²) in [6.07, 6.45) is 3.54. The van der Waals surface area contributed by atoms with Crippen molar-refractivity contribution >= 4 is 27.5 Å². The molecule has 7 heteroatoms. The molecule has 2 fully saturated rings. The number of nitrogens with zero attached hydrogens (tertiary/aromatic N) is 1. The molecule has 0 bridgehead atoms. The first kappa shape index (κ1) is 20.4. The van der Waals surface area contributed by atoms with Gasteiger partial charge >= 0.3 is 0 Å². The maximum absolute atomic E-state index is 12.8. The molecule has 1 heterocycles. The number of halogens is 1. The zero-order valence-electron chi connectivity index (χ0n) is 16.2. The molecular weight excluding hydrogens is 408 g/mol. The molecule has 1 spiro atoms. The second-order valence-corrected chi connectivity index (χ2v) is 10.4. The summed E-state index contributed by atoms with van der Waals surface area (Å²) in [6.45, 7) is 1.42. The van der Waals surface area contributed by atoms with Gasteiger partial charge in [-0.25, -0.2) is 8.42 Å². The SMILES string of the molecule is O=C(NCCCc1ccccc1)[C@@H]1CCC12CN(S(=O)(=O)c1ccccc1Cl)C2. The summed E-state index contributed by atoms with van der Waals surface area (Å²) >= 11 is 6.08. The third-order valence-electron chi connectivity index (χ3n) is 6.21. The predicted molar refractivity (Wildman–Crippen MR) is 113 cm³/mol. The molecule has 0 aromatic heterocycles. The number of sulfonamides is 1. The van der Waals surface area contributed by atoms with E-state index in [0.29, 0.717) is 19.6 Å². The summed E-state index contributed by atoms with van der Waals surface area (Å²) in [4.78, 5) is 12.8. The van der Waals surface area contributed by atoms with Crippen molar-refractivity contribution in [1.29, 1.82) is 0 Å². The molecule has 29 heavy (non-hydrogen) atoms. The van der Waals surface area contributed by atoms with Crippen molar-refractivity contribution in [1.82, 2.24) is 9.62 Å². The Balaban J connectivity index is 1.29. The highest BCUT2D eigenvalue weighted by Crippen LogP contribution is 2.54. The van der Waals surface area contributed by atoms with Crippen molar-refractivity contribution in [2.24, 2.45) is 11.3 Å². The smallest absolute Gasteiger partial charge is 0.244 e. The highest BCUT2D eigenvalue weighted by molar-refractivity contribution is 7.89. The van der Waals surface area contributed by atoms with E-state index in [9.17, 15) is 13.2 Å². The average Bonchev–Trinajstić information content (AvgIpc) is 2.64. The van der Waals surface area contributed by atoms with Crippen LogP contribution in [-0.4, -0.2) is 38.3 Å². The maximum Gasteiger partial charge on any atom is 0.244 e. The van der Waals surface area contributed by atoms with Gasteiger partial charge in [-0.2, -0.15) is 4.31 Å². The van der Waals surface area contributed by atoms with E-state index in [1.54, 1.807) is 18.2 Å². The van der Waals surface area contributed by atoms with Crippen LogP contribution in [0.3, 0.4) is 0 Å². The Bertz CT molecular complexity index is 988. The molecule has 1 saturated heterocycles. The van der Waals surface area contributed by atoms with Gasteiger partial charge in [-0.1, -0.05) is 54.1 Å². The lowest BCUT2D eigenvalue weighted by atomic mass is 9.56. The van der Waals surface area contributed by atoms with Crippen LogP contribution in [0.25, 0.3) is 0 Å². The molecule has 1 saturated carbocycles. The van der Waals surface area contributed by atoms with Gasteiger partial charge in [0.25, 0.3) is 0 Å². The Kier molecular flexibility index (Phi) is 5.69. The Hall–Kier alpha value is -1.89. The fourth-order valence-electron chi connectivity index (χ4n) is 4.38. The van der Waals surface area contributed by atoms with Crippen molar-refractivity contribution in [3.63, 3.8) is 0 Å². The summed E-state index contributed by atoms with van der Waals surface area (Å²) in [5, 5.41) is 3.28. The molecule has 5 nitrogen and oxygen atoms in total. The van der Waals surface area contributed by atoms with Crippen LogP contribution in [0.5, 0.6) is 0 Å². The van der Waals surface area contributed by atoms with Gasteiger partial charge in [0.1, 0.15) is 4.90 Å². The first-order chi connectivity index (χ1) is 13.9. The van der Waals surface area contributed by atoms with Gasteiger partial charge in [-0.3, -0.25) is 4.79 Å². The molecule has 4 rings (SSSR count). The zero-order valence-corrected chi connectivity index (χ0v) is 17.8. The zero-order chi connectivity index (χ0) is 20.5. The van der Waals surface area contributed by atoms with Crippen LogP contribution in [0, 0.1) is 11.3 Å². The molecule has 0 radical (unpaired) electrons. The number of amides is 1. The first-order valence-electron chi connectivity index (χ1n) is 9.99. The second-order valence-electron chi connectivity index (χ2n) is 8.04. The lowest BCUT2D eigenvalue weighted by molar-refractivity contribution is -0.146. The average molecular weight is 433 g/mol. The molecule has 1 aliphatic carbocycles. The monoisotopic (exact) mass is 432 g/mol. The molecule has 154 valence electrons. The number of aryl methyl sites for hydroxylation is 1. The summed E-state index contributed by atoms with van der Waals surface area (Å²) < 4.78 is 27.1. The lowest BCUT2D eigenvalue weighted by Gasteiger charge is -2.59. The minimum absolute atomic E-state index is 0.0547. The number of nitrogens with one attached hydrogen (secondary N) is 1. The fraction of sp³-hybridized carbons (Fsp3) is 0.409. The summed E-state index contributed by atoms with van der Waals surface area (Å²) in [5.74, 6) is -0.0453. The number of carbonyl (C=O) groups is 1. The maximum atomic E-state index is 12.8. The minimum atomic E-state index is -3.61. The topological polar surface area (TPSA) is 66.5 Å². The van der Waals surface area contributed by atoms with Crippen molar-refractivity contribution in [3.05, 3.63) is 65.2 Å². The third kappa shape index (κ3) is 3.93. The normalized spacial score (nSPS) is 20.7. The molecule has 1 aliphatic heterocycles. The second kappa shape index (κ2) is 8.09. The van der Waals surface area contributed by atoms with Gasteiger partial charge < -0.3 is 5.32 Å². The van der Waals surface area contributed by atoms with E-state index in [2.05, 4.69) is 17.4 Å². The quantitative estimate of drug-likeness (QED) is 0.681. The molecule has 2 aromatic carbocycles. The lowest BCUT2D eigenvalue weighted by Crippen LogP contribution is -2.68. The number of carbonyl (C=O) groups excluding carboxylic acids is 1. The van der Waals surface area contributed by atoms with Gasteiger partial charge in [0.2, 0.25) is 15.9 Å². The summed E-state index contributed by atoms with van der Waals surface area (Å²) in [7, 11) is -3.61. The number of hydrogen-bond acceptors (Lipinski definition) is 3. The Morgan fingerprint density at radius 3 is 2.45 bits per heavy atom. The number of benzene rings is 2. The molecule has 0 unspecified atom stereocenters. The van der Waals surface area contributed by atoms with Crippen molar-refractivity contribution < 1.29 is 13.2 Å². The van der Waals surface area contributed by atoms with Gasteiger partial charge in [-0.05, 0) is 43.4 Å². The molecule has 1 N–H and O–H groups in total. The first-order valence-corrected chi connectivity index (χ1v) is 11.8. The highest BCUT2D eigenvalue weighted by atomic mass is 35.5. The minimum Gasteiger partial charge on any atom is -0.356 e. The molecular formula is C22H25ClN2O3S. The Morgan fingerprint density at radius 2 is 1.79 bits per heavy atom. The van der Waals surface area contributed by atoms with Crippen LogP contribution in [0.15, 0.2) is 59.5 Å². The third-order valence-corrected chi connectivity index (χ3v) is 8.50. The van der Waals surface area contributed by atoms with Crippen LogP contribution >= 0.6 is 11.6 Å². The van der Waals surface area contributed by atoms with Crippen molar-refractivity contribution in [2.75, 3.05) is 19.6 Å². The highest BCUT2D eigenvalue weighted by Gasteiger charge is 2.60. The molecule has 1 amide bonds. The van der Waals surface area contributed by atoms with E-state index >= 15 is 0 Å². The number of rotatable bonds is 7. The van der Waals surface area contributed by atoms with Gasteiger partial charge in [0.15, 0.2) is 0 Å². The summed E-state index contributed by atoms with van der Waals surface area (Å²) in [6, 6.07) is 16.7. The summed E-state index contributed by atoms with van der Waals surface area (Å²) in [5.41, 5.74) is 1.05. The van der Waals surface area contributed by atoms with Crippen LogP contribution in [0.1, 0.15) is 24.8 Å². The van der Waals surface area contributed by atoms with Gasteiger partial charge in [-0.15, -0.1) is 0 Å². The van der Waals surface area contributed by atoms with Crippen LogP contribution in [0.4, 0.5) is 0 Å². The van der Waals surface area contributed by atoms with Gasteiger partial charge in [0, 0.05) is 31.0 Å². The van der Waals surface area contributed by atoms with Crippen molar-refractivity contribution in [3.8, 4) is 0 Å². The standard InChI is InChI=1S/C22H25ClN2O3S/c23-19-10-4-5-11-20(19)29(27,28)25-15-22(16-25)13-12-18(22)21(26)24-14-6-9-17-7-2-1-3-8-17/h1-5,7-8,10-11,18H,6,9,12-16H2,(H,24,26)/t18-/m0/s1. The number of hydrogen-bond donors (Lipinski definition) is 1. The Morgan fingerprint density at radius 1 is 1.10 bits per heavy atom. The van der Waals surface area contributed by atoms with Gasteiger partial charge in [0.05, 0.1) is 5.02 Å². The van der Waals surface area contributed by atoms with Crippen LogP contribution < -0.4 is 5.32 Å². The van der Waals surface area contributed by atoms with E-state index in [1.807, 2.05) is 18.2 Å². The van der Waals surface area contributed by atoms with E-state index < -0.39 is 10.0 Å². The Labute approximate surface area is 177 Å². The van der Waals surface area contributed by atoms with E-state index in [-0.39, 0.29) is 27.2 Å². The molecule has 1 atom stereocenters. The van der Waals surface area contributed by atoms with E-state index in [0.717, 1.165) is 25.7 Å². The predicted octanol–water partition coefficient (Wildman–Crippen LogP) is 3.49. The fourth-order valence-corrected chi connectivity index (χ4v) is 6.50. The van der Waals surface area contributed by atoms with Crippen LogP contribution in [-0.2, 0) is 21.2 Å². The molecule has 2 aromatic rings. The van der Waals surface area contributed by atoms with Crippen molar-refractivity contribution in [2.45, 2.75) is 30.6 Å². The molecule has 2 aliphatic rings. The van der Waals surface area contributed by atoms with E-state index in [4.69, 9.17) is 11.6 Å².